The van der Waals surface area contributed by atoms with Crippen molar-refractivity contribution in [3.05, 3.63) is 17.7 Å². The molecule has 0 unspecified atom stereocenters. The first kappa shape index (κ1) is 13.6. The van der Waals surface area contributed by atoms with Crippen molar-refractivity contribution in [2.45, 2.75) is 51.6 Å². The SMILES string of the molecule is CCC1CCC(NCc2cc3c(cc2O)OCO3)CC1. The molecule has 110 valence electrons. The summed E-state index contributed by atoms with van der Waals surface area (Å²) in [6, 6.07) is 4.10. The maximum atomic E-state index is 10.0. The maximum Gasteiger partial charge on any atom is 0.231 e. The molecule has 0 atom stereocenters. The zero-order chi connectivity index (χ0) is 13.9. The maximum absolute atomic E-state index is 10.0. The number of phenols is 1. The highest BCUT2D eigenvalue weighted by atomic mass is 16.7. The van der Waals surface area contributed by atoms with Gasteiger partial charge < -0.3 is 19.9 Å². The second-order valence-electron chi connectivity index (χ2n) is 5.84. The van der Waals surface area contributed by atoms with Crippen LogP contribution in [-0.4, -0.2) is 17.9 Å². The minimum absolute atomic E-state index is 0.243. The predicted octanol–water partition coefficient (Wildman–Crippen LogP) is 3.18. The summed E-state index contributed by atoms with van der Waals surface area (Å²) >= 11 is 0. The van der Waals surface area contributed by atoms with E-state index in [-0.39, 0.29) is 12.5 Å². The Morgan fingerprint density at radius 3 is 2.55 bits per heavy atom. The normalized spacial score (nSPS) is 24.9. The molecule has 4 nitrogen and oxygen atoms in total. The standard InChI is InChI=1S/C16H23NO3/c1-2-11-3-5-13(6-4-11)17-9-12-7-15-16(8-14(12)18)20-10-19-15/h7-8,11,13,17-18H,2-6,9-10H2,1H3. The molecule has 1 heterocycles. The molecule has 1 saturated carbocycles. The zero-order valence-corrected chi connectivity index (χ0v) is 12.0. The van der Waals surface area contributed by atoms with Gasteiger partial charge in [0.1, 0.15) is 5.75 Å². The fraction of sp³-hybridized carbons (Fsp3) is 0.625. The third-order valence-electron chi connectivity index (χ3n) is 4.58. The van der Waals surface area contributed by atoms with Crippen LogP contribution in [0.4, 0.5) is 0 Å². The molecule has 1 aromatic carbocycles. The Kier molecular flexibility index (Phi) is 4.01. The third-order valence-corrected chi connectivity index (χ3v) is 4.58. The van der Waals surface area contributed by atoms with Crippen molar-refractivity contribution in [2.75, 3.05) is 6.79 Å². The smallest absolute Gasteiger partial charge is 0.231 e. The van der Waals surface area contributed by atoms with Gasteiger partial charge in [-0.25, -0.2) is 0 Å². The molecule has 3 rings (SSSR count). The quantitative estimate of drug-likeness (QED) is 0.887. The Labute approximate surface area is 120 Å². The van der Waals surface area contributed by atoms with Crippen LogP contribution in [0.5, 0.6) is 17.2 Å². The Hall–Kier alpha value is -1.42. The number of fused-ring (bicyclic) bond motifs is 1. The molecule has 2 aliphatic rings. The van der Waals surface area contributed by atoms with Crippen LogP contribution in [0.25, 0.3) is 0 Å². The van der Waals surface area contributed by atoms with Crippen molar-refractivity contribution < 1.29 is 14.6 Å². The number of nitrogens with one attached hydrogen (secondary N) is 1. The van der Waals surface area contributed by atoms with Gasteiger partial charge in [-0.05, 0) is 37.7 Å². The van der Waals surface area contributed by atoms with Gasteiger partial charge >= 0.3 is 0 Å². The summed E-state index contributed by atoms with van der Waals surface area (Å²) in [5, 5.41) is 13.6. The highest BCUT2D eigenvalue weighted by Gasteiger charge is 2.21. The van der Waals surface area contributed by atoms with E-state index in [1.807, 2.05) is 6.07 Å². The van der Waals surface area contributed by atoms with Gasteiger partial charge in [0, 0.05) is 24.2 Å². The largest absolute Gasteiger partial charge is 0.507 e. The van der Waals surface area contributed by atoms with Crippen molar-refractivity contribution in [1.29, 1.82) is 0 Å². The highest BCUT2D eigenvalue weighted by molar-refractivity contribution is 5.51. The van der Waals surface area contributed by atoms with Crippen molar-refractivity contribution >= 4 is 0 Å². The van der Waals surface area contributed by atoms with Crippen LogP contribution < -0.4 is 14.8 Å². The van der Waals surface area contributed by atoms with Gasteiger partial charge in [0.15, 0.2) is 11.5 Å². The molecule has 20 heavy (non-hydrogen) atoms. The molecule has 1 fully saturated rings. The first-order valence-corrected chi connectivity index (χ1v) is 7.61. The van der Waals surface area contributed by atoms with Gasteiger partial charge in [0.2, 0.25) is 6.79 Å². The fourth-order valence-electron chi connectivity index (χ4n) is 3.14. The van der Waals surface area contributed by atoms with E-state index in [0.717, 1.165) is 17.2 Å². The summed E-state index contributed by atoms with van der Waals surface area (Å²) in [7, 11) is 0. The second kappa shape index (κ2) is 5.92. The highest BCUT2D eigenvalue weighted by Crippen LogP contribution is 2.37. The summed E-state index contributed by atoms with van der Waals surface area (Å²) in [5.41, 5.74) is 0.881. The summed E-state index contributed by atoms with van der Waals surface area (Å²) in [6.45, 7) is 3.21. The van der Waals surface area contributed by atoms with E-state index in [0.29, 0.717) is 18.3 Å². The summed E-state index contributed by atoms with van der Waals surface area (Å²) < 4.78 is 10.6. The lowest BCUT2D eigenvalue weighted by molar-refractivity contribution is 0.174. The van der Waals surface area contributed by atoms with Crippen LogP contribution in [0.1, 0.15) is 44.6 Å². The molecule has 1 aliphatic carbocycles. The number of rotatable bonds is 4. The zero-order valence-electron chi connectivity index (χ0n) is 12.0. The number of ether oxygens (including phenoxy) is 2. The number of hydrogen-bond donors (Lipinski definition) is 2. The lowest BCUT2D eigenvalue weighted by Crippen LogP contribution is -2.32. The number of benzene rings is 1. The minimum Gasteiger partial charge on any atom is -0.507 e. The van der Waals surface area contributed by atoms with Crippen molar-refractivity contribution in [3.8, 4) is 17.2 Å². The predicted molar refractivity (Wildman–Crippen MR) is 77.1 cm³/mol. The Bertz CT molecular complexity index is 467. The molecule has 1 aliphatic heterocycles. The lowest BCUT2D eigenvalue weighted by Gasteiger charge is -2.28. The van der Waals surface area contributed by atoms with Gasteiger partial charge in [-0.1, -0.05) is 13.3 Å². The van der Waals surface area contributed by atoms with Gasteiger partial charge in [-0.2, -0.15) is 0 Å². The van der Waals surface area contributed by atoms with Gasteiger partial charge in [0.25, 0.3) is 0 Å². The lowest BCUT2D eigenvalue weighted by atomic mass is 9.84. The number of phenolic OH excluding ortho intramolecular Hbond substituents is 1. The molecule has 4 heteroatoms. The number of hydrogen-bond acceptors (Lipinski definition) is 4. The van der Waals surface area contributed by atoms with E-state index < -0.39 is 0 Å². The van der Waals surface area contributed by atoms with E-state index in [4.69, 9.17) is 9.47 Å². The Morgan fingerprint density at radius 2 is 1.85 bits per heavy atom. The second-order valence-corrected chi connectivity index (χ2v) is 5.84. The van der Waals surface area contributed by atoms with Gasteiger partial charge in [-0.15, -0.1) is 0 Å². The van der Waals surface area contributed by atoms with Crippen LogP contribution in [-0.2, 0) is 6.54 Å². The molecule has 0 spiro atoms. The van der Waals surface area contributed by atoms with Gasteiger partial charge in [-0.3, -0.25) is 0 Å². The molecule has 1 aromatic rings. The third kappa shape index (κ3) is 2.85. The monoisotopic (exact) mass is 277 g/mol. The molecular formula is C16H23NO3. The first-order valence-electron chi connectivity index (χ1n) is 7.61. The van der Waals surface area contributed by atoms with E-state index >= 15 is 0 Å². The fourth-order valence-corrected chi connectivity index (χ4v) is 3.14. The van der Waals surface area contributed by atoms with E-state index in [2.05, 4.69) is 12.2 Å². The summed E-state index contributed by atoms with van der Waals surface area (Å²) in [6.07, 6.45) is 6.42. The average Bonchev–Trinajstić information content (AvgIpc) is 2.92. The van der Waals surface area contributed by atoms with E-state index in [1.165, 1.54) is 32.1 Å². The summed E-state index contributed by atoms with van der Waals surface area (Å²) in [4.78, 5) is 0. The van der Waals surface area contributed by atoms with Crippen LogP contribution >= 0.6 is 0 Å². The van der Waals surface area contributed by atoms with Crippen molar-refractivity contribution in [1.82, 2.24) is 5.32 Å². The molecule has 0 amide bonds. The molecule has 0 aromatic heterocycles. The first-order chi connectivity index (χ1) is 9.76. The average molecular weight is 277 g/mol. The topological polar surface area (TPSA) is 50.7 Å². The molecular weight excluding hydrogens is 254 g/mol. The van der Waals surface area contributed by atoms with Gasteiger partial charge in [0.05, 0.1) is 0 Å². The van der Waals surface area contributed by atoms with Crippen molar-refractivity contribution in [3.63, 3.8) is 0 Å². The Morgan fingerprint density at radius 1 is 1.15 bits per heavy atom. The van der Waals surface area contributed by atoms with Crippen LogP contribution in [0.3, 0.4) is 0 Å². The molecule has 0 saturated heterocycles. The van der Waals surface area contributed by atoms with Crippen LogP contribution in [0, 0.1) is 5.92 Å². The molecule has 2 N–H and O–H groups in total. The van der Waals surface area contributed by atoms with Crippen LogP contribution in [0.15, 0.2) is 12.1 Å². The van der Waals surface area contributed by atoms with Crippen molar-refractivity contribution in [2.24, 2.45) is 5.92 Å². The van der Waals surface area contributed by atoms with Crippen LogP contribution in [0.2, 0.25) is 0 Å². The summed E-state index contributed by atoms with van der Waals surface area (Å²) in [5.74, 6) is 2.56. The number of aromatic hydroxyl groups is 1. The molecule has 0 bridgehead atoms. The molecule has 0 radical (unpaired) electrons. The minimum atomic E-state index is 0.243. The van der Waals surface area contributed by atoms with E-state index in [1.54, 1.807) is 6.07 Å². The Balaban J connectivity index is 1.56. The van der Waals surface area contributed by atoms with E-state index in [9.17, 15) is 5.11 Å².